The van der Waals surface area contributed by atoms with Gasteiger partial charge < -0.3 is 20.1 Å². The van der Waals surface area contributed by atoms with E-state index in [0.29, 0.717) is 23.1 Å². The molecule has 2 aromatic rings. The molecular formula is C22H29ClN2O2. The summed E-state index contributed by atoms with van der Waals surface area (Å²) in [7, 11) is 1.65. The third-order valence-corrected chi connectivity index (χ3v) is 5.42. The summed E-state index contributed by atoms with van der Waals surface area (Å²) < 4.78 is 11.5. The molecule has 0 atom stereocenters. The van der Waals surface area contributed by atoms with Crippen LogP contribution in [0, 0.1) is 12.8 Å². The second kappa shape index (κ2) is 9.98. The molecule has 146 valence electrons. The SMILES string of the molecule is COc1cc(CNCC2CCNCC2)cc(Cl)c1OCc1ccccc1C. The summed E-state index contributed by atoms with van der Waals surface area (Å²) in [6, 6.07) is 12.2. The predicted molar refractivity (Wildman–Crippen MR) is 111 cm³/mol. The molecule has 0 amide bonds. The minimum atomic E-state index is 0.468. The molecule has 2 aromatic carbocycles. The summed E-state index contributed by atoms with van der Waals surface area (Å²) >= 11 is 6.51. The third kappa shape index (κ3) is 5.61. The van der Waals surface area contributed by atoms with E-state index in [2.05, 4.69) is 29.7 Å². The van der Waals surface area contributed by atoms with Gasteiger partial charge in [-0.05, 0) is 74.1 Å². The molecule has 0 aliphatic carbocycles. The quantitative estimate of drug-likeness (QED) is 0.706. The standard InChI is InChI=1S/C22H29ClN2O2/c1-16-5-3-4-6-19(16)15-27-22-20(23)11-18(12-21(22)26-2)14-25-13-17-7-9-24-10-8-17/h3-6,11-12,17,24-25H,7-10,13-15H2,1-2H3. The van der Waals surface area contributed by atoms with Gasteiger partial charge in [-0.1, -0.05) is 35.9 Å². The van der Waals surface area contributed by atoms with Gasteiger partial charge in [0.1, 0.15) is 6.61 Å². The molecule has 3 rings (SSSR count). The highest BCUT2D eigenvalue weighted by Gasteiger charge is 2.15. The molecule has 0 saturated carbocycles. The first-order chi connectivity index (χ1) is 13.2. The van der Waals surface area contributed by atoms with E-state index in [1.54, 1.807) is 7.11 Å². The van der Waals surface area contributed by atoms with Gasteiger partial charge in [0.2, 0.25) is 0 Å². The molecule has 0 radical (unpaired) electrons. The zero-order chi connectivity index (χ0) is 19.1. The Morgan fingerprint density at radius 2 is 1.96 bits per heavy atom. The van der Waals surface area contributed by atoms with Gasteiger partial charge in [-0.2, -0.15) is 0 Å². The Balaban J connectivity index is 1.61. The largest absolute Gasteiger partial charge is 0.493 e. The van der Waals surface area contributed by atoms with Crippen molar-refractivity contribution in [1.29, 1.82) is 0 Å². The van der Waals surface area contributed by atoms with E-state index in [4.69, 9.17) is 21.1 Å². The van der Waals surface area contributed by atoms with Crippen molar-refractivity contribution in [1.82, 2.24) is 10.6 Å². The number of benzene rings is 2. The molecular weight excluding hydrogens is 360 g/mol. The Morgan fingerprint density at radius 1 is 1.19 bits per heavy atom. The monoisotopic (exact) mass is 388 g/mol. The Kier molecular flexibility index (Phi) is 7.39. The smallest absolute Gasteiger partial charge is 0.180 e. The summed E-state index contributed by atoms with van der Waals surface area (Å²) in [4.78, 5) is 0. The van der Waals surface area contributed by atoms with Crippen LogP contribution >= 0.6 is 11.6 Å². The lowest BCUT2D eigenvalue weighted by molar-refractivity contribution is 0.284. The van der Waals surface area contributed by atoms with E-state index in [1.807, 2.05) is 24.3 Å². The normalized spacial score (nSPS) is 14.9. The highest BCUT2D eigenvalue weighted by atomic mass is 35.5. The fourth-order valence-corrected chi connectivity index (χ4v) is 3.73. The van der Waals surface area contributed by atoms with Crippen molar-refractivity contribution in [2.75, 3.05) is 26.7 Å². The van der Waals surface area contributed by atoms with Crippen molar-refractivity contribution >= 4 is 11.6 Å². The Labute approximate surface area is 167 Å². The maximum Gasteiger partial charge on any atom is 0.180 e. The number of rotatable bonds is 8. The molecule has 4 nitrogen and oxygen atoms in total. The van der Waals surface area contributed by atoms with E-state index < -0.39 is 0 Å². The summed E-state index contributed by atoms with van der Waals surface area (Å²) in [6.07, 6.45) is 2.48. The van der Waals surface area contributed by atoms with Crippen LogP contribution in [0.1, 0.15) is 29.5 Å². The first-order valence-corrected chi connectivity index (χ1v) is 10.0. The zero-order valence-electron chi connectivity index (χ0n) is 16.2. The summed E-state index contributed by atoms with van der Waals surface area (Å²) in [6.45, 7) is 6.60. The van der Waals surface area contributed by atoms with Crippen molar-refractivity contribution in [3.63, 3.8) is 0 Å². The third-order valence-electron chi connectivity index (χ3n) is 5.14. The number of methoxy groups -OCH3 is 1. The van der Waals surface area contributed by atoms with Crippen LogP contribution in [0.2, 0.25) is 5.02 Å². The van der Waals surface area contributed by atoms with Gasteiger partial charge in [-0.15, -0.1) is 0 Å². The summed E-state index contributed by atoms with van der Waals surface area (Å²) in [5.74, 6) is 2.03. The first kappa shape index (κ1) is 20.0. The molecule has 1 aliphatic rings. The van der Waals surface area contributed by atoms with Gasteiger partial charge in [0, 0.05) is 6.54 Å². The number of aryl methyl sites for hydroxylation is 1. The molecule has 0 aromatic heterocycles. The van der Waals surface area contributed by atoms with E-state index in [-0.39, 0.29) is 0 Å². The fraction of sp³-hybridized carbons (Fsp3) is 0.455. The van der Waals surface area contributed by atoms with Crippen LogP contribution in [0.25, 0.3) is 0 Å². The zero-order valence-corrected chi connectivity index (χ0v) is 16.9. The highest BCUT2D eigenvalue weighted by molar-refractivity contribution is 6.32. The molecule has 0 spiro atoms. The van der Waals surface area contributed by atoms with E-state index in [9.17, 15) is 0 Å². The van der Waals surface area contributed by atoms with Crippen LogP contribution in [0.15, 0.2) is 36.4 Å². The topological polar surface area (TPSA) is 42.5 Å². The van der Waals surface area contributed by atoms with Gasteiger partial charge in [0.25, 0.3) is 0 Å². The lowest BCUT2D eigenvalue weighted by atomic mass is 9.98. The molecule has 0 unspecified atom stereocenters. The Morgan fingerprint density at radius 3 is 2.70 bits per heavy atom. The predicted octanol–water partition coefficient (Wildman–Crippen LogP) is 4.33. The number of ether oxygens (including phenoxy) is 2. The van der Waals surface area contributed by atoms with Crippen LogP contribution < -0.4 is 20.1 Å². The van der Waals surface area contributed by atoms with Crippen molar-refractivity contribution in [3.8, 4) is 11.5 Å². The fourth-order valence-electron chi connectivity index (χ4n) is 3.44. The van der Waals surface area contributed by atoms with Gasteiger partial charge in [-0.3, -0.25) is 0 Å². The molecule has 1 saturated heterocycles. The van der Waals surface area contributed by atoms with Crippen LogP contribution in [0.4, 0.5) is 0 Å². The molecule has 1 fully saturated rings. The second-order valence-corrected chi connectivity index (χ2v) is 7.56. The number of nitrogens with one attached hydrogen (secondary N) is 2. The molecule has 0 bridgehead atoms. The average Bonchev–Trinajstić information content (AvgIpc) is 2.69. The van der Waals surface area contributed by atoms with Gasteiger partial charge >= 0.3 is 0 Å². The Bertz CT molecular complexity index is 745. The molecule has 1 aliphatic heterocycles. The van der Waals surface area contributed by atoms with Gasteiger partial charge in [0.05, 0.1) is 12.1 Å². The van der Waals surface area contributed by atoms with Crippen molar-refractivity contribution in [2.24, 2.45) is 5.92 Å². The maximum absolute atomic E-state index is 6.51. The van der Waals surface area contributed by atoms with E-state index in [0.717, 1.165) is 43.2 Å². The van der Waals surface area contributed by atoms with Crippen LogP contribution in [-0.2, 0) is 13.2 Å². The Hall–Kier alpha value is -1.75. The average molecular weight is 389 g/mol. The number of hydrogen-bond donors (Lipinski definition) is 2. The highest BCUT2D eigenvalue weighted by Crippen LogP contribution is 2.37. The van der Waals surface area contributed by atoms with Crippen molar-refractivity contribution in [3.05, 3.63) is 58.1 Å². The van der Waals surface area contributed by atoms with E-state index in [1.165, 1.54) is 18.4 Å². The van der Waals surface area contributed by atoms with Crippen molar-refractivity contribution < 1.29 is 9.47 Å². The maximum atomic E-state index is 6.51. The van der Waals surface area contributed by atoms with Crippen molar-refractivity contribution in [2.45, 2.75) is 32.9 Å². The van der Waals surface area contributed by atoms with Crippen LogP contribution in [-0.4, -0.2) is 26.7 Å². The second-order valence-electron chi connectivity index (χ2n) is 7.15. The molecule has 1 heterocycles. The first-order valence-electron chi connectivity index (χ1n) is 9.62. The summed E-state index contributed by atoms with van der Waals surface area (Å²) in [5.41, 5.74) is 3.45. The van der Waals surface area contributed by atoms with E-state index >= 15 is 0 Å². The van der Waals surface area contributed by atoms with Gasteiger partial charge in [0.15, 0.2) is 11.5 Å². The minimum Gasteiger partial charge on any atom is -0.493 e. The molecule has 5 heteroatoms. The van der Waals surface area contributed by atoms with Crippen LogP contribution in [0.5, 0.6) is 11.5 Å². The number of halogens is 1. The lowest BCUT2D eigenvalue weighted by Crippen LogP contribution is -2.33. The lowest BCUT2D eigenvalue weighted by Gasteiger charge is -2.23. The number of piperidine rings is 1. The molecule has 27 heavy (non-hydrogen) atoms. The minimum absolute atomic E-state index is 0.468. The number of hydrogen-bond acceptors (Lipinski definition) is 4. The van der Waals surface area contributed by atoms with Gasteiger partial charge in [-0.25, -0.2) is 0 Å². The summed E-state index contributed by atoms with van der Waals surface area (Å²) in [5, 5.41) is 7.54. The molecule has 2 N–H and O–H groups in total. The van der Waals surface area contributed by atoms with Crippen LogP contribution in [0.3, 0.4) is 0 Å².